The summed E-state index contributed by atoms with van der Waals surface area (Å²) in [4.78, 5) is 0. The molecule has 1 unspecified atom stereocenters. The van der Waals surface area contributed by atoms with Gasteiger partial charge in [-0.15, -0.1) is 6.42 Å². The summed E-state index contributed by atoms with van der Waals surface area (Å²) in [5, 5.41) is 3.39. The van der Waals surface area contributed by atoms with E-state index in [-0.39, 0.29) is 0 Å². The zero-order valence-corrected chi connectivity index (χ0v) is 11.4. The summed E-state index contributed by atoms with van der Waals surface area (Å²) in [5.74, 6) is 3.20. The van der Waals surface area contributed by atoms with Crippen molar-refractivity contribution in [3.8, 4) is 12.3 Å². The minimum Gasteiger partial charge on any atom is -0.303 e. The molecule has 1 atom stereocenters. The van der Waals surface area contributed by atoms with E-state index in [1.807, 2.05) is 6.07 Å². The average molecular weight is 280 g/mol. The van der Waals surface area contributed by atoms with Gasteiger partial charge in [0.15, 0.2) is 0 Å². The highest BCUT2D eigenvalue weighted by molar-refractivity contribution is 9.10. The van der Waals surface area contributed by atoms with Crippen LogP contribution in [0.15, 0.2) is 28.7 Å². The normalized spacial score (nSPS) is 12.4. The average Bonchev–Trinajstić information content (AvgIpc) is 2.26. The van der Waals surface area contributed by atoms with Crippen LogP contribution in [0.1, 0.15) is 19.4 Å². The second kappa shape index (κ2) is 6.73. The van der Waals surface area contributed by atoms with Crippen molar-refractivity contribution in [3.05, 3.63) is 34.3 Å². The molecule has 0 radical (unpaired) electrons. The predicted molar refractivity (Wildman–Crippen MR) is 73.3 cm³/mol. The molecule has 1 N–H and O–H groups in total. The summed E-state index contributed by atoms with van der Waals surface area (Å²) >= 11 is 3.57. The van der Waals surface area contributed by atoms with Crippen molar-refractivity contribution in [2.75, 3.05) is 6.54 Å². The second-order valence-electron chi connectivity index (χ2n) is 4.23. The third-order valence-corrected chi connectivity index (χ3v) is 3.44. The molecule has 0 aromatic heterocycles. The van der Waals surface area contributed by atoms with E-state index < -0.39 is 0 Å². The molecule has 1 aromatic rings. The van der Waals surface area contributed by atoms with Crippen LogP contribution < -0.4 is 5.32 Å². The van der Waals surface area contributed by atoms with Gasteiger partial charge in [0.25, 0.3) is 0 Å². The smallest absolute Gasteiger partial charge is 0.0576 e. The fourth-order valence-electron chi connectivity index (χ4n) is 1.63. The molecular formula is C14H18BrN. The van der Waals surface area contributed by atoms with E-state index in [2.05, 4.69) is 59.2 Å². The Hall–Kier alpha value is -0.780. The number of hydrogen-bond donors (Lipinski definition) is 1. The Kier molecular flexibility index (Phi) is 5.59. The summed E-state index contributed by atoms with van der Waals surface area (Å²) in [6, 6.07) is 8.76. The van der Waals surface area contributed by atoms with Gasteiger partial charge in [0, 0.05) is 10.5 Å². The van der Waals surface area contributed by atoms with Gasteiger partial charge in [-0.25, -0.2) is 0 Å². The van der Waals surface area contributed by atoms with E-state index in [1.54, 1.807) is 0 Å². The first-order chi connectivity index (χ1) is 7.65. The molecular weight excluding hydrogens is 262 g/mol. The van der Waals surface area contributed by atoms with Crippen LogP contribution in [0.25, 0.3) is 0 Å². The van der Waals surface area contributed by atoms with Crippen molar-refractivity contribution in [2.45, 2.75) is 26.3 Å². The molecule has 0 heterocycles. The number of hydrogen-bond acceptors (Lipinski definition) is 1. The molecule has 1 nitrogen and oxygen atoms in total. The van der Waals surface area contributed by atoms with Gasteiger partial charge in [-0.1, -0.05) is 53.9 Å². The van der Waals surface area contributed by atoms with Crippen molar-refractivity contribution in [1.29, 1.82) is 0 Å². The Balaban J connectivity index is 2.69. The largest absolute Gasteiger partial charge is 0.303 e. The first-order valence-corrected chi connectivity index (χ1v) is 6.34. The number of benzene rings is 1. The van der Waals surface area contributed by atoms with Gasteiger partial charge < -0.3 is 5.32 Å². The van der Waals surface area contributed by atoms with E-state index in [0.717, 1.165) is 6.42 Å². The van der Waals surface area contributed by atoms with Crippen molar-refractivity contribution >= 4 is 15.9 Å². The molecule has 0 aliphatic rings. The standard InChI is InChI=1S/C14H18BrN/c1-4-9-16-14(11(2)3)10-12-7-5-6-8-13(12)15/h1,5-8,11,14,16H,9-10H2,2-3H3. The first kappa shape index (κ1) is 13.3. The van der Waals surface area contributed by atoms with Crippen LogP contribution in [0.4, 0.5) is 0 Å². The first-order valence-electron chi connectivity index (χ1n) is 5.55. The lowest BCUT2D eigenvalue weighted by atomic mass is 9.96. The molecule has 0 spiro atoms. The molecule has 0 amide bonds. The fourth-order valence-corrected chi connectivity index (χ4v) is 2.08. The maximum atomic E-state index is 5.28. The van der Waals surface area contributed by atoms with Gasteiger partial charge in [-0.05, 0) is 24.0 Å². The van der Waals surface area contributed by atoms with E-state index in [0.29, 0.717) is 18.5 Å². The molecule has 2 heteroatoms. The zero-order valence-electron chi connectivity index (χ0n) is 9.83. The molecule has 0 aliphatic carbocycles. The lowest BCUT2D eigenvalue weighted by molar-refractivity contribution is 0.413. The predicted octanol–water partition coefficient (Wildman–Crippen LogP) is 3.24. The molecule has 1 rings (SSSR count). The zero-order chi connectivity index (χ0) is 12.0. The highest BCUT2D eigenvalue weighted by Crippen LogP contribution is 2.19. The number of terminal acetylenes is 1. The van der Waals surface area contributed by atoms with Crippen LogP contribution in [0.3, 0.4) is 0 Å². The summed E-state index contributed by atoms with van der Waals surface area (Å²) in [6.45, 7) is 5.06. The highest BCUT2D eigenvalue weighted by Gasteiger charge is 2.13. The highest BCUT2D eigenvalue weighted by atomic mass is 79.9. The monoisotopic (exact) mass is 279 g/mol. The maximum absolute atomic E-state index is 5.28. The van der Waals surface area contributed by atoms with Gasteiger partial charge in [-0.3, -0.25) is 0 Å². The van der Waals surface area contributed by atoms with Gasteiger partial charge in [0.1, 0.15) is 0 Å². The number of halogens is 1. The van der Waals surface area contributed by atoms with Crippen LogP contribution >= 0.6 is 15.9 Å². The Labute approximate surface area is 107 Å². The van der Waals surface area contributed by atoms with Crippen LogP contribution in [-0.4, -0.2) is 12.6 Å². The van der Waals surface area contributed by atoms with E-state index in [9.17, 15) is 0 Å². The molecule has 16 heavy (non-hydrogen) atoms. The number of nitrogens with one attached hydrogen (secondary N) is 1. The topological polar surface area (TPSA) is 12.0 Å². The third kappa shape index (κ3) is 4.00. The second-order valence-corrected chi connectivity index (χ2v) is 5.09. The quantitative estimate of drug-likeness (QED) is 0.816. The lowest BCUT2D eigenvalue weighted by Crippen LogP contribution is -2.36. The van der Waals surface area contributed by atoms with E-state index >= 15 is 0 Å². The Morgan fingerprint density at radius 1 is 1.38 bits per heavy atom. The minimum absolute atomic E-state index is 0.426. The maximum Gasteiger partial charge on any atom is 0.0576 e. The SMILES string of the molecule is C#CCNC(Cc1ccccc1Br)C(C)C. The molecule has 1 aromatic carbocycles. The van der Waals surface area contributed by atoms with E-state index in [4.69, 9.17) is 6.42 Å². The summed E-state index contributed by atoms with van der Waals surface area (Å²) in [7, 11) is 0. The molecule has 0 fully saturated rings. The van der Waals surface area contributed by atoms with Crippen molar-refractivity contribution in [3.63, 3.8) is 0 Å². The molecule has 0 saturated carbocycles. The summed E-state index contributed by atoms with van der Waals surface area (Å²) < 4.78 is 1.17. The van der Waals surface area contributed by atoms with Crippen LogP contribution in [0.2, 0.25) is 0 Å². The van der Waals surface area contributed by atoms with Gasteiger partial charge in [0.05, 0.1) is 6.54 Å². The van der Waals surface area contributed by atoms with Gasteiger partial charge >= 0.3 is 0 Å². The van der Waals surface area contributed by atoms with Crippen LogP contribution in [-0.2, 0) is 6.42 Å². The number of rotatable bonds is 5. The van der Waals surface area contributed by atoms with Crippen molar-refractivity contribution < 1.29 is 0 Å². The molecule has 0 bridgehead atoms. The minimum atomic E-state index is 0.426. The Bertz CT molecular complexity index is 365. The lowest BCUT2D eigenvalue weighted by Gasteiger charge is -2.22. The van der Waals surface area contributed by atoms with Gasteiger partial charge in [0.2, 0.25) is 0 Å². The summed E-state index contributed by atoms with van der Waals surface area (Å²) in [5.41, 5.74) is 1.32. The fraction of sp³-hybridized carbons (Fsp3) is 0.429. The third-order valence-electron chi connectivity index (χ3n) is 2.67. The van der Waals surface area contributed by atoms with Crippen LogP contribution in [0, 0.1) is 18.3 Å². The Morgan fingerprint density at radius 2 is 2.06 bits per heavy atom. The van der Waals surface area contributed by atoms with Crippen LogP contribution in [0.5, 0.6) is 0 Å². The molecule has 0 saturated heterocycles. The van der Waals surface area contributed by atoms with Crippen molar-refractivity contribution in [1.82, 2.24) is 5.32 Å². The van der Waals surface area contributed by atoms with Gasteiger partial charge in [-0.2, -0.15) is 0 Å². The van der Waals surface area contributed by atoms with Crippen molar-refractivity contribution in [2.24, 2.45) is 5.92 Å². The molecule has 86 valence electrons. The van der Waals surface area contributed by atoms with E-state index in [1.165, 1.54) is 10.0 Å². The Morgan fingerprint density at radius 3 is 2.62 bits per heavy atom. The molecule has 0 aliphatic heterocycles. The summed E-state index contributed by atoms with van der Waals surface area (Å²) in [6.07, 6.45) is 6.28.